The molecule has 260 valence electrons. The van der Waals surface area contributed by atoms with Gasteiger partial charge in [0.2, 0.25) is 0 Å². The number of fused-ring (bicyclic) bond motifs is 4. The molecule has 1 aromatic heterocycles. The monoisotopic (exact) mass is 703 g/mol. The molecule has 3 nitrogen and oxygen atoms in total. The summed E-state index contributed by atoms with van der Waals surface area (Å²) < 4.78 is 2.42. The second-order valence-corrected chi connectivity index (χ2v) is 13.8. The Balaban J connectivity index is 1.26. The van der Waals surface area contributed by atoms with E-state index in [9.17, 15) is 0 Å². The zero-order valence-electron chi connectivity index (χ0n) is 30.2. The fourth-order valence-corrected chi connectivity index (χ4v) is 8.09. The molecule has 10 aromatic rings. The Morgan fingerprint density at radius 1 is 0.327 bits per heavy atom. The van der Waals surface area contributed by atoms with Crippen molar-refractivity contribution >= 4 is 66.7 Å². The topological polar surface area (TPSA) is 11.4 Å². The van der Waals surface area contributed by atoms with E-state index >= 15 is 0 Å². The van der Waals surface area contributed by atoms with Crippen LogP contribution in [0.5, 0.6) is 0 Å². The quantitative estimate of drug-likeness (QED) is 0.156. The van der Waals surface area contributed by atoms with Crippen molar-refractivity contribution in [3.05, 3.63) is 224 Å². The van der Waals surface area contributed by atoms with Crippen LogP contribution in [-0.4, -0.2) is 4.57 Å². The van der Waals surface area contributed by atoms with Crippen molar-refractivity contribution in [3.63, 3.8) is 0 Å². The first-order valence-corrected chi connectivity index (χ1v) is 18.8. The van der Waals surface area contributed by atoms with Gasteiger partial charge in [0, 0.05) is 39.2 Å². The number of benzene rings is 9. The molecule has 0 aliphatic heterocycles. The van der Waals surface area contributed by atoms with E-state index in [2.05, 4.69) is 239 Å². The SMILES string of the molecule is c1ccc(N(c2ccc(-c3cccc4ccccc34)cc2)c2cc(N(c3ccccc3)c3ccccc3)c3c4ccccc4n(-c4ccccc4)c3c2)cc1. The number of hydrogen-bond acceptors (Lipinski definition) is 2. The van der Waals surface area contributed by atoms with Gasteiger partial charge in [-0.1, -0.05) is 146 Å². The summed E-state index contributed by atoms with van der Waals surface area (Å²) in [6.07, 6.45) is 0. The highest BCUT2D eigenvalue weighted by Gasteiger charge is 2.24. The van der Waals surface area contributed by atoms with E-state index in [1.807, 2.05) is 0 Å². The second kappa shape index (κ2) is 13.9. The molecule has 3 heteroatoms. The van der Waals surface area contributed by atoms with Gasteiger partial charge in [-0.2, -0.15) is 0 Å². The van der Waals surface area contributed by atoms with Crippen LogP contribution in [0.3, 0.4) is 0 Å². The van der Waals surface area contributed by atoms with Crippen LogP contribution in [0, 0.1) is 0 Å². The molecule has 0 aliphatic rings. The minimum Gasteiger partial charge on any atom is -0.310 e. The van der Waals surface area contributed by atoms with Crippen LogP contribution < -0.4 is 9.80 Å². The zero-order chi connectivity index (χ0) is 36.6. The maximum atomic E-state index is 2.42. The fourth-order valence-electron chi connectivity index (χ4n) is 8.09. The molecule has 0 spiro atoms. The molecule has 10 rings (SSSR count). The van der Waals surface area contributed by atoms with Crippen molar-refractivity contribution in [2.24, 2.45) is 0 Å². The Kier molecular flexibility index (Phi) is 8.16. The molecule has 0 atom stereocenters. The predicted octanol–water partition coefficient (Wildman–Crippen LogP) is 14.5. The normalized spacial score (nSPS) is 11.3. The lowest BCUT2D eigenvalue weighted by Gasteiger charge is -2.30. The van der Waals surface area contributed by atoms with Gasteiger partial charge >= 0.3 is 0 Å². The third kappa shape index (κ3) is 5.80. The van der Waals surface area contributed by atoms with Crippen molar-refractivity contribution in [2.45, 2.75) is 0 Å². The maximum Gasteiger partial charge on any atom is 0.0583 e. The van der Waals surface area contributed by atoms with Gasteiger partial charge in [-0.05, 0) is 101 Å². The van der Waals surface area contributed by atoms with Crippen LogP contribution >= 0.6 is 0 Å². The molecule has 55 heavy (non-hydrogen) atoms. The van der Waals surface area contributed by atoms with Crippen LogP contribution in [0.15, 0.2) is 224 Å². The average molecular weight is 704 g/mol. The number of hydrogen-bond donors (Lipinski definition) is 0. The highest BCUT2D eigenvalue weighted by atomic mass is 15.2. The van der Waals surface area contributed by atoms with Gasteiger partial charge in [-0.25, -0.2) is 0 Å². The fraction of sp³-hybridized carbons (Fsp3) is 0. The van der Waals surface area contributed by atoms with E-state index in [1.54, 1.807) is 0 Å². The highest BCUT2D eigenvalue weighted by Crippen LogP contribution is 2.48. The molecule has 0 saturated heterocycles. The minimum absolute atomic E-state index is 1.06. The number of aromatic nitrogens is 1. The molecule has 0 aliphatic carbocycles. The van der Waals surface area contributed by atoms with Gasteiger partial charge in [0.15, 0.2) is 0 Å². The molecule has 0 bridgehead atoms. The number of nitrogens with zero attached hydrogens (tertiary/aromatic N) is 3. The number of anilines is 6. The van der Waals surface area contributed by atoms with Crippen LogP contribution in [0.4, 0.5) is 34.1 Å². The third-order valence-corrected chi connectivity index (χ3v) is 10.5. The standard InChI is InChI=1S/C52H37N3/c1-5-20-40(21-6-1)53(44-34-32-39(33-35-44)47-30-17-19-38-18-13-14-28-46(38)47)45-36-50(54(41-22-7-2-8-23-41)42-24-9-3-10-25-42)52-48-29-15-16-31-49(48)55(51(52)37-45)43-26-11-4-12-27-43/h1-37H. The van der Waals surface area contributed by atoms with Gasteiger partial charge in [0.05, 0.1) is 22.4 Å². The Labute approximate surface area is 321 Å². The second-order valence-electron chi connectivity index (χ2n) is 13.8. The van der Waals surface area contributed by atoms with Crippen molar-refractivity contribution in [3.8, 4) is 16.8 Å². The van der Waals surface area contributed by atoms with Crippen molar-refractivity contribution in [1.82, 2.24) is 4.57 Å². The number of para-hydroxylation sites is 5. The zero-order valence-corrected chi connectivity index (χ0v) is 30.2. The Morgan fingerprint density at radius 2 is 0.836 bits per heavy atom. The van der Waals surface area contributed by atoms with E-state index < -0.39 is 0 Å². The van der Waals surface area contributed by atoms with Gasteiger partial charge in [-0.3, -0.25) is 0 Å². The van der Waals surface area contributed by atoms with Crippen LogP contribution in [-0.2, 0) is 0 Å². The summed E-state index contributed by atoms with van der Waals surface area (Å²) in [5, 5.41) is 4.88. The van der Waals surface area contributed by atoms with Gasteiger partial charge in [0.25, 0.3) is 0 Å². The van der Waals surface area contributed by atoms with E-state index in [4.69, 9.17) is 0 Å². The Bertz CT molecular complexity index is 2860. The molecule has 0 unspecified atom stereocenters. The highest BCUT2D eigenvalue weighted by molar-refractivity contribution is 6.18. The van der Waals surface area contributed by atoms with Crippen molar-refractivity contribution < 1.29 is 0 Å². The largest absolute Gasteiger partial charge is 0.310 e. The summed E-state index contributed by atoms with van der Waals surface area (Å²) in [7, 11) is 0. The molecule has 0 N–H and O–H groups in total. The van der Waals surface area contributed by atoms with Crippen LogP contribution in [0.1, 0.15) is 0 Å². The summed E-state index contributed by atoms with van der Waals surface area (Å²) in [5.74, 6) is 0. The van der Waals surface area contributed by atoms with E-state index in [0.717, 1.165) is 50.8 Å². The summed E-state index contributed by atoms with van der Waals surface area (Å²) >= 11 is 0. The molecular weight excluding hydrogens is 667 g/mol. The van der Waals surface area contributed by atoms with Gasteiger partial charge in [-0.15, -0.1) is 0 Å². The molecule has 0 amide bonds. The van der Waals surface area contributed by atoms with E-state index in [-0.39, 0.29) is 0 Å². The van der Waals surface area contributed by atoms with Gasteiger partial charge in [0.1, 0.15) is 0 Å². The van der Waals surface area contributed by atoms with Gasteiger partial charge < -0.3 is 14.4 Å². The Morgan fingerprint density at radius 3 is 1.49 bits per heavy atom. The molecule has 0 radical (unpaired) electrons. The lowest BCUT2D eigenvalue weighted by atomic mass is 9.98. The van der Waals surface area contributed by atoms with Crippen molar-refractivity contribution in [1.29, 1.82) is 0 Å². The summed E-state index contributed by atoms with van der Waals surface area (Å²) in [4.78, 5) is 4.79. The molecule has 0 saturated carbocycles. The lowest BCUT2D eigenvalue weighted by Crippen LogP contribution is -2.14. The van der Waals surface area contributed by atoms with E-state index in [1.165, 1.54) is 32.7 Å². The van der Waals surface area contributed by atoms with Crippen LogP contribution in [0.2, 0.25) is 0 Å². The summed E-state index contributed by atoms with van der Waals surface area (Å²) in [5.41, 5.74) is 12.3. The van der Waals surface area contributed by atoms with Crippen molar-refractivity contribution in [2.75, 3.05) is 9.80 Å². The molecular formula is C52H37N3. The van der Waals surface area contributed by atoms with E-state index in [0.29, 0.717) is 0 Å². The molecule has 9 aromatic carbocycles. The van der Waals surface area contributed by atoms with Crippen LogP contribution in [0.25, 0.3) is 49.4 Å². The maximum absolute atomic E-state index is 2.42. The lowest BCUT2D eigenvalue weighted by molar-refractivity contribution is 1.17. The smallest absolute Gasteiger partial charge is 0.0583 e. The first kappa shape index (κ1) is 32.3. The third-order valence-electron chi connectivity index (χ3n) is 10.5. The summed E-state index contributed by atoms with van der Waals surface area (Å²) in [6.45, 7) is 0. The first-order valence-electron chi connectivity index (χ1n) is 18.8. The molecule has 0 fully saturated rings. The number of rotatable bonds is 8. The average Bonchev–Trinajstić information content (AvgIpc) is 3.60. The predicted molar refractivity (Wildman–Crippen MR) is 233 cm³/mol. The minimum atomic E-state index is 1.06. The first-order chi connectivity index (χ1) is 27.3. The Hall–Kier alpha value is -7.36. The molecule has 1 heterocycles. The summed E-state index contributed by atoms with van der Waals surface area (Å²) in [6, 6.07) is 80.6.